The highest BCUT2D eigenvalue weighted by Gasteiger charge is 2.28. The summed E-state index contributed by atoms with van der Waals surface area (Å²) >= 11 is 0. The van der Waals surface area contributed by atoms with Gasteiger partial charge < -0.3 is 19.4 Å². The molecule has 2 atom stereocenters. The first-order chi connectivity index (χ1) is 9.81. The van der Waals surface area contributed by atoms with E-state index < -0.39 is 0 Å². The van der Waals surface area contributed by atoms with Gasteiger partial charge >= 0.3 is 0 Å². The van der Waals surface area contributed by atoms with Gasteiger partial charge in [0.2, 0.25) is 11.7 Å². The Hall–Kier alpha value is -2.18. The number of benzene rings is 1. The summed E-state index contributed by atoms with van der Waals surface area (Å²) < 4.78 is 10.8. The van der Waals surface area contributed by atoms with Crippen LogP contribution in [0.15, 0.2) is 39.5 Å². The number of rotatable bonds is 2. The summed E-state index contributed by atoms with van der Waals surface area (Å²) in [6.45, 7) is 0.553. The lowest BCUT2D eigenvalue weighted by molar-refractivity contribution is 0.191. The van der Waals surface area contributed by atoms with Crippen LogP contribution in [-0.4, -0.2) is 27.9 Å². The Bertz CT molecular complexity index is 749. The number of aliphatic hydroxyl groups is 1. The van der Waals surface area contributed by atoms with E-state index in [1.165, 1.54) is 0 Å². The molecule has 1 aliphatic heterocycles. The maximum Gasteiger partial charge on any atom is 0.244 e. The minimum Gasteiger partial charge on any atom is -0.464 e. The Balaban J connectivity index is 1.71. The first-order valence-corrected chi connectivity index (χ1v) is 6.53. The van der Waals surface area contributed by atoms with Crippen molar-refractivity contribution in [1.82, 2.24) is 15.5 Å². The van der Waals surface area contributed by atoms with Crippen LogP contribution < -0.4 is 5.32 Å². The summed E-state index contributed by atoms with van der Waals surface area (Å²) in [6.07, 6.45) is 1.87. The van der Waals surface area contributed by atoms with Gasteiger partial charge in [0.1, 0.15) is 11.8 Å². The van der Waals surface area contributed by atoms with Gasteiger partial charge in [0.05, 0.1) is 17.7 Å². The van der Waals surface area contributed by atoms with Crippen LogP contribution in [0.5, 0.6) is 0 Å². The molecule has 4 rings (SSSR count). The molecular formula is C14H13N3O3. The number of furan rings is 1. The van der Waals surface area contributed by atoms with Crippen LogP contribution >= 0.6 is 0 Å². The van der Waals surface area contributed by atoms with Crippen molar-refractivity contribution in [3.8, 4) is 11.4 Å². The van der Waals surface area contributed by atoms with Crippen LogP contribution in [0.3, 0.4) is 0 Å². The lowest BCUT2D eigenvalue weighted by atomic mass is 10.1. The number of aromatic nitrogens is 2. The van der Waals surface area contributed by atoms with Crippen LogP contribution in [0, 0.1) is 0 Å². The fraction of sp³-hybridized carbons (Fsp3) is 0.286. The SMILES string of the molecule is O[C@@H]1CN[C@H](c2nc(-c3coc4ccccc34)no2)C1. The summed E-state index contributed by atoms with van der Waals surface area (Å²) in [5.74, 6) is 1.01. The average Bonchev–Trinajstić information content (AvgIpc) is 3.15. The molecule has 2 aromatic heterocycles. The average molecular weight is 271 g/mol. The van der Waals surface area contributed by atoms with E-state index >= 15 is 0 Å². The van der Waals surface area contributed by atoms with Crippen molar-refractivity contribution in [2.75, 3.05) is 6.54 Å². The summed E-state index contributed by atoms with van der Waals surface area (Å²) in [6, 6.07) is 7.64. The molecule has 0 saturated carbocycles. The largest absolute Gasteiger partial charge is 0.464 e. The molecule has 6 nitrogen and oxygen atoms in total. The summed E-state index contributed by atoms with van der Waals surface area (Å²) in [5, 5.41) is 17.6. The van der Waals surface area contributed by atoms with Gasteiger partial charge in [0.25, 0.3) is 0 Å². The number of para-hydroxylation sites is 1. The van der Waals surface area contributed by atoms with Crippen LogP contribution in [-0.2, 0) is 0 Å². The Morgan fingerprint density at radius 1 is 1.30 bits per heavy atom. The molecule has 3 aromatic rings. The third-order valence-corrected chi connectivity index (χ3v) is 3.57. The Morgan fingerprint density at radius 2 is 2.20 bits per heavy atom. The topological polar surface area (TPSA) is 84.3 Å². The zero-order chi connectivity index (χ0) is 13.5. The molecule has 0 spiro atoms. The number of hydrogen-bond donors (Lipinski definition) is 2. The van der Waals surface area contributed by atoms with E-state index in [1.54, 1.807) is 6.26 Å². The van der Waals surface area contributed by atoms with Crippen molar-refractivity contribution in [1.29, 1.82) is 0 Å². The highest BCUT2D eigenvalue weighted by Crippen LogP contribution is 2.30. The number of aliphatic hydroxyl groups excluding tert-OH is 1. The third-order valence-electron chi connectivity index (χ3n) is 3.57. The predicted octanol–water partition coefficient (Wildman–Crippen LogP) is 1.88. The van der Waals surface area contributed by atoms with Crippen molar-refractivity contribution in [2.45, 2.75) is 18.6 Å². The fourth-order valence-electron chi connectivity index (χ4n) is 2.54. The molecule has 0 radical (unpaired) electrons. The van der Waals surface area contributed by atoms with Crippen molar-refractivity contribution >= 4 is 11.0 Å². The number of hydrogen-bond acceptors (Lipinski definition) is 6. The van der Waals surface area contributed by atoms with Gasteiger partial charge in [-0.2, -0.15) is 4.98 Å². The maximum absolute atomic E-state index is 9.53. The van der Waals surface area contributed by atoms with Gasteiger partial charge in [0, 0.05) is 11.9 Å². The second kappa shape index (κ2) is 4.43. The molecule has 102 valence electrons. The molecule has 20 heavy (non-hydrogen) atoms. The summed E-state index contributed by atoms with van der Waals surface area (Å²) in [4.78, 5) is 4.41. The minimum absolute atomic E-state index is 0.0792. The van der Waals surface area contributed by atoms with Gasteiger partial charge in [-0.3, -0.25) is 0 Å². The van der Waals surface area contributed by atoms with Gasteiger partial charge in [-0.25, -0.2) is 0 Å². The highest BCUT2D eigenvalue weighted by atomic mass is 16.5. The van der Waals surface area contributed by atoms with E-state index in [2.05, 4.69) is 15.5 Å². The van der Waals surface area contributed by atoms with Gasteiger partial charge in [-0.1, -0.05) is 23.4 Å². The van der Waals surface area contributed by atoms with Crippen molar-refractivity contribution < 1.29 is 14.0 Å². The zero-order valence-electron chi connectivity index (χ0n) is 10.6. The monoisotopic (exact) mass is 271 g/mol. The highest BCUT2D eigenvalue weighted by molar-refractivity contribution is 5.91. The van der Waals surface area contributed by atoms with E-state index in [9.17, 15) is 5.11 Å². The lowest BCUT2D eigenvalue weighted by Crippen LogP contribution is -2.15. The number of nitrogens with one attached hydrogen (secondary N) is 1. The van der Waals surface area contributed by atoms with E-state index in [0.717, 1.165) is 16.5 Å². The van der Waals surface area contributed by atoms with E-state index in [-0.39, 0.29) is 12.1 Å². The quantitative estimate of drug-likeness (QED) is 0.740. The van der Waals surface area contributed by atoms with Gasteiger partial charge in [0.15, 0.2) is 0 Å². The summed E-state index contributed by atoms with van der Waals surface area (Å²) in [7, 11) is 0. The molecule has 2 N–H and O–H groups in total. The molecule has 1 aromatic carbocycles. The molecular weight excluding hydrogens is 258 g/mol. The minimum atomic E-state index is -0.356. The smallest absolute Gasteiger partial charge is 0.244 e. The van der Waals surface area contributed by atoms with Crippen LogP contribution in [0.1, 0.15) is 18.4 Å². The van der Waals surface area contributed by atoms with E-state index in [4.69, 9.17) is 8.94 Å². The van der Waals surface area contributed by atoms with Crippen molar-refractivity contribution in [2.24, 2.45) is 0 Å². The standard InChI is InChI=1S/C14H13N3O3/c18-8-5-11(15-6-8)14-16-13(17-20-14)10-7-19-12-4-2-1-3-9(10)12/h1-4,7-8,11,15,18H,5-6H2/t8-,11-/m0/s1. The molecule has 6 heteroatoms. The fourth-order valence-corrected chi connectivity index (χ4v) is 2.54. The molecule has 1 saturated heterocycles. The summed E-state index contributed by atoms with van der Waals surface area (Å²) in [5.41, 5.74) is 1.61. The first kappa shape index (κ1) is 11.6. The predicted molar refractivity (Wildman–Crippen MR) is 70.9 cm³/mol. The first-order valence-electron chi connectivity index (χ1n) is 6.53. The normalized spacial score (nSPS) is 22.6. The molecule has 1 aliphatic rings. The van der Waals surface area contributed by atoms with E-state index in [1.807, 2.05) is 24.3 Å². The Labute approximate surface area is 114 Å². The van der Waals surface area contributed by atoms with Crippen LogP contribution in [0.2, 0.25) is 0 Å². The zero-order valence-corrected chi connectivity index (χ0v) is 10.6. The van der Waals surface area contributed by atoms with Crippen molar-refractivity contribution in [3.05, 3.63) is 36.4 Å². The second-order valence-corrected chi connectivity index (χ2v) is 4.95. The number of fused-ring (bicyclic) bond motifs is 1. The lowest BCUT2D eigenvalue weighted by Gasteiger charge is -2.01. The number of nitrogens with zero attached hydrogens (tertiary/aromatic N) is 2. The molecule has 1 fully saturated rings. The Kier molecular flexibility index (Phi) is 2.58. The van der Waals surface area contributed by atoms with Gasteiger partial charge in [-0.05, 0) is 12.5 Å². The molecule has 0 bridgehead atoms. The second-order valence-electron chi connectivity index (χ2n) is 4.95. The molecule has 0 unspecified atom stereocenters. The third kappa shape index (κ3) is 1.81. The van der Waals surface area contributed by atoms with Crippen LogP contribution in [0.4, 0.5) is 0 Å². The van der Waals surface area contributed by atoms with E-state index in [0.29, 0.717) is 24.7 Å². The maximum atomic E-state index is 9.53. The van der Waals surface area contributed by atoms with Crippen LogP contribution in [0.25, 0.3) is 22.4 Å². The molecule has 3 heterocycles. The van der Waals surface area contributed by atoms with Crippen molar-refractivity contribution in [3.63, 3.8) is 0 Å². The Morgan fingerprint density at radius 3 is 3.05 bits per heavy atom. The molecule has 0 aliphatic carbocycles. The molecule has 0 amide bonds. The van der Waals surface area contributed by atoms with Gasteiger partial charge in [-0.15, -0.1) is 0 Å². The number of β-amino-alcohol motifs (C(OH)–C–C–N with tert-alkyl or cyclic N) is 1.